The van der Waals surface area contributed by atoms with Crippen molar-refractivity contribution >= 4 is 25.8 Å². The zero-order valence-corrected chi connectivity index (χ0v) is 3.85. The van der Waals surface area contributed by atoms with Crippen LogP contribution in [0.15, 0.2) is 0 Å². The van der Waals surface area contributed by atoms with E-state index in [9.17, 15) is 0 Å². The van der Waals surface area contributed by atoms with Gasteiger partial charge in [-0.05, 0) is 0 Å². The second-order valence-electron chi connectivity index (χ2n) is 0. The minimum absolute atomic E-state index is 0. The van der Waals surface area contributed by atoms with Gasteiger partial charge < -0.3 is 6.15 Å². The molecular weight excluding hydrogens is 160 g/mol. The summed E-state index contributed by atoms with van der Waals surface area (Å²) >= 11 is 0. The molecule has 5 heteroatoms. The molecule has 3 N–H and O–H groups in total. The molecular formula is H9AlBCrFeN. The first kappa shape index (κ1) is 80.3. The van der Waals surface area contributed by atoms with Crippen LogP contribution in [0.4, 0.5) is 0 Å². The van der Waals surface area contributed by atoms with Crippen LogP contribution in [0.3, 0.4) is 0 Å². The zero-order valence-electron chi connectivity index (χ0n) is 1.47. The molecule has 0 bridgehead atoms. The van der Waals surface area contributed by atoms with E-state index in [-0.39, 0.29) is 66.4 Å². The summed E-state index contributed by atoms with van der Waals surface area (Å²) in [5, 5.41) is 0. The fourth-order valence-corrected chi connectivity index (χ4v) is 0. The molecule has 5 heavy (non-hydrogen) atoms. The molecule has 0 rings (SSSR count). The van der Waals surface area contributed by atoms with Gasteiger partial charge in [0.2, 0.25) is 0 Å². The van der Waals surface area contributed by atoms with Crippen LogP contribution in [-0.2, 0) is 34.4 Å². The standard InChI is InChI=1S/Al.BH3.Cr.Fe.H3N.3H/h;1H3;;;1H3;;;. The normalized spacial score (nSPS) is 0. The molecule has 0 heterocycles. The van der Waals surface area contributed by atoms with Gasteiger partial charge >= 0.3 is 0 Å². The molecule has 0 unspecified atom stereocenters. The first-order valence-corrected chi connectivity index (χ1v) is 0. The van der Waals surface area contributed by atoms with Crippen LogP contribution in [-0.4, -0.2) is 25.8 Å². The summed E-state index contributed by atoms with van der Waals surface area (Å²) in [5.74, 6) is 0. The Morgan fingerprint density at radius 2 is 1.00 bits per heavy atom. The van der Waals surface area contributed by atoms with Gasteiger partial charge in [-0.25, -0.2) is 0 Å². The van der Waals surface area contributed by atoms with Gasteiger partial charge in [0, 0.05) is 34.4 Å². The molecule has 0 aliphatic carbocycles. The summed E-state index contributed by atoms with van der Waals surface area (Å²) in [6.45, 7) is 0. The summed E-state index contributed by atoms with van der Waals surface area (Å²) in [6, 6.07) is 0. The Balaban J connectivity index is 0. The Bertz CT molecular complexity index is 11.6. The van der Waals surface area contributed by atoms with Crippen molar-refractivity contribution in [1.82, 2.24) is 6.15 Å². The van der Waals surface area contributed by atoms with Crippen LogP contribution in [0, 0.1) is 0 Å². The van der Waals surface area contributed by atoms with Gasteiger partial charge in [0.25, 0.3) is 0 Å². The van der Waals surface area contributed by atoms with E-state index in [0.717, 1.165) is 0 Å². The minimum Gasteiger partial charge on any atom is -0.344 e. The van der Waals surface area contributed by atoms with Crippen LogP contribution in [0.25, 0.3) is 0 Å². The van der Waals surface area contributed by atoms with Crippen molar-refractivity contribution in [3.8, 4) is 0 Å². The molecule has 0 radical (unpaired) electrons. The third kappa shape index (κ3) is 28.2. The first-order chi connectivity index (χ1) is 0. The van der Waals surface area contributed by atoms with E-state index in [1.54, 1.807) is 0 Å². The molecule has 0 aromatic heterocycles. The maximum atomic E-state index is 0. The zero-order chi connectivity index (χ0) is 0. The summed E-state index contributed by atoms with van der Waals surface area (Å²) in [4.78, 5) is 0. The Morgan fingerprint density at radius 1 is 1.00 bits per heavy atom. The van der Waals surface area contributed by atoms with Gasteiger partial charge in [0.1, 0.15) is 0 Å². The van der Waals surface area contributed by atoms with Crippen LogP contribution in [0.2, 0.25) is 0 Å². The Hall–Kier alpha value is 1.61. The van der Waals surface area contributed by atoms with Gasteiger partial charge in [-0.3, -0.25) is 0 Å². The van der Waals surface area contributed by atoms with E-state index in [4.69, 9.17) is 0 Å². The average Bonchev–Trinajstić information content (AvgIpc) is 0. The number of hydrogen-bond acceptors (Lipinski definition) is 1. The molecule has 0 atom stereocenters. The molecule has 0 amide bonds. The quantitative estimate of drug-likeness (QED) is 0.409. The monoisotopic (exact) mass is 169 g/mol. The van der Waals surface area contributed by atoms with Crippen molar-refractivity contribution in [2.75, 3.05) is 0 Å². The maximum Gasteiger partial charge on any atom is 0.187 e. The predicted molar refractivity (Wildman–Crippen MR) is 24.9 cm³/mol. The fourth-order valence-electron chi connectivity index (χ4n) is 0. The predicted octanol–water partition coefficient (Wildman–Crippen LogP) is -2.21. The molecule has 0 aliphatic heterocycles. The van der Waals surface area contributed by atoms with Gasteiger partial charge in [-0.15, -0.1) is 0 Å². The molecule has 1 nitrogen and oxygen atoms in total. The topological polar surface area (TPSA) is 35.0 Å². The number of hydrogen-bond donors (Lipinski definition) is 1. The largest absolute Gasteiger partial charge is 0.344 e. The summed E-state index contributed by atoms with van der Waals surface area (Å²) in [6.07, 6.45) is 0. The third-order valence-electron chi connectivity index (χ3n) is 0. The van der Waals surface area contributed by atoms with E-state index in [0.29, 0.717) is 0 Å². The van der Waals surface area contributed by atoms with Crippen molar-refractivity contribution in [2.45, 2.75) is 0 Å². The Kier molecular flexibility index (Phi) is 739. The third-order valence-corrected chi connectivity index (χ3v) is 0. The number of rotatable bonds is 0. The Labute approximate surface area is 66.2 Å². The second-order valence-corrected chi connectivity index (χ2v) is 0. The van der Waals surface area contributed by atoms with Crippen molar-refractivity contribution in [3.05, 3.63) is 0 Å². The summed E-state index contributed by atoms with van der Waals surface area (Å²) < 4.78 is 0. The van der Waals surface area contributed by atoms with Gasteiger partial charge in [0.05, 0.1) is 8.41 Å². The van der Waals surface area contributed by atoms with Crippen LogP contribution >= 0.6 is 0 Å². The Morgan fingerprint density at radius 3 is 1.00 bits per heavy atom. The molecule has 0 saturated carbocycles. The van der Waals surface area contributed by atoms with E-state index in [1.165, 1.54) is 0 Å². The molecule has 0 saturated heterocycles. The van der Waals surface area contributed by atoms with E-state index >= 15 is 0 Å². The fraction of sp³-hybridized carbons (Fsp3) is 0. The van der Waals surface area contributed by atoms with E-state index in [2.05, 4.69) is 0 Å². The maximum absolute atomic E-state index is 0. The minimum atomic E-state index is 0. The van der Waals surface area contributed by atoms with E-state index in [1.807, 2.05) is 0 Å². The van der Waals surface area contributed by atoms with Crippen molar-refractivity contribution in [1.29, 1.82) is 0 Å². The van der Waals surface area contributed by atoms with Crippen molar-refractivity contribution < 1.29 is 34.4 Å². The SMILES string of the molecule is B.N.[AlH3].[Cr].[Fe]. The van der Waals surface area contributed by atoms with Gasteiger partial charge in [0.15, 0.2) is 17.4 Å². The van der Waals surface area contributed by atoms with Crippen LogP contribution in [0.5, 0.6) is 0 Å². The summed E-state index contributed by atoms with van der Waals surface area (Å²) in [7, 11) is 0. The molecule has 0 aromatic rings. The first-order valence-electron chi connectivity index (χ1n) is 0. The van der Waals surface area contributed by atoms with Crippen LogP contribution < -0.4 is 6.15 Å². The molecule has 0 aromatic carbocycles. The molecule has 0 fully saturated rings. The van der Waals surface area contributed by atoms with Crippen molar-refractivity contribution in [3.63, 3.8) is 0 Å². The van der Waals surface area contributed by atoms with E-state index < -0.39 is 0 Å². The average molecular weight is 169 g/mol. The van der Waals surface area contributed by atoms with Gasteiger partial charge in [-0.1, -0.05) is 0 Å². The van der Waals surface area contributed by atoms with Crippen molar-refractivity contribution in [2.24, 2.45) is 0 Å². The molecule has 0 aliphatic rings. The second kappa shape index (κ2) is 46.0. The van der Waals surface area contributed by atoms with Gasteiger partial charge in [-0.2, -0.15) is 0 Å². The smallest absolute Gasteiger partial charge is 0.187 e. The summed E-state index contributed by atoms with van der Waals surface area (Å²) in [5.41, 5.74) is 0. The molecule has 0 spiro atoms. The van der Waals surface area contributed by atoms with Crippen LogP contribution in [0.1, 0.15) is 0 Å². The molecule has 34 valence electrons.